The molecule has 0 bridgehead atoms. The van der Waals surface area contributed by atoms with Crippen LogP contribution in [0.1, 0.15) is 27.2 Å². The normalized spacial score (nSPS) is 27.6. The molecule has 1 saturated heterocycles. The topological polar surface area (TPSA) is 49.6 Å². The second kappa shape index (κ2) is 6.36. The van der Waals surface area contributed by atoms with E-state index < -0.39 is 0 Å². The summed E-state index contributed by atoms with van der Waals surface area (Å²) in [5.74, 6) is 1.31. The third-order valence-corrected chi connectivity index (χ3v) is 3.29. The third-order valence-electron chi connectivity index (χ3n) is 3.29. The first-order valence-electron chi connectivity index (χ1n) is 6.64. The summed E-state index contributed by atoms with van der Waals surface area (Å²) in [6, 6.07) is -0.0244. The van der Waals surface area contributed by atoms with E-state index in [9.17, 15) is 4.79 Å². The number of carbonyl (C=O) groups is 1. The summed E-state index contributed by atoms with van der Waals surface area (Å²) in [6.07, 6.45) is 0.761. The summed E-state index contributed by atoms with van der Waals surface area (Å²) in [7, 11) is 2.04. The van der Waals surface area contributed by atoms with Crippen LogP contribution in [0.4, 0.5) is 0 Å². The Hall–Kier alpha value is -0.610. The average molecular weight is 241 g/mol. The Labute approximate surface area is 105 Å². The van der Waals surface area contributed by atoms with Gasteiger partial charge >= 0.3 is 0 Å². The molecule has 1 rings (SSSR count). The molecular weight excluding hydrogens is 214 g/mol. The van der Waals surface area contributed by atoms with Gasteiger partial charge in [0.1, 0.15) is 0 Å². The summed E-state index contributed by atoms with van der Waals surface area (Å²) in [5.41, 5.74) is 5.62. The monoisotopic (exact) mass is 241 g/mol. The SMILES string of the molecule is CC(C)CN1CC(C)CN(C)C(CCN)C1=O. The maximum absolute atomic E-state index is 12.5. The zero-order valence-corrected chi connectivity index (χ0v) is 11.6. The second-order valence-electron chi connectivity index (χ2n) is 5.77. The fourth-order valence-corrected chi connectivity index (χ4v) is 2.65. The van der Waals surface area contributed by atoms with Gasteiger partial charge in [-0.15, -0.1) is 0 Å². The molecule has 2 atom stereocenters. The van der Waals surface area contributed by atoms with Gasteiger partial charge in [-0.3, -0.25) is 9.69 Å². The van der Waals surface area contributed by atoms with Crippen LogP contribution < -0.4 is 5.73 Å². The summed E-state index contributed by atoms with van der Waals surface area (Å²) in [5, 5.41) is 0. The van der Waals surface area contributed by atoms with Crippen molar-refractivity contribution in [2.45, 2.75) is 33.2 Å². The first-order valence-corrected chi connectivity index (χ1v) is 6.64. The molecule has 1 fully saturated rings. The van der Waals surface area contributed by atoms with E-state index >= 15 is 0 Å². The second-order valence-corrected chi connectivity index (χ2v) is 5.77. The van der Waals surface area contributed by atoms with Gasteiger partial charge in [0.15, 0.2) is 0 Å². The molecule has 17 heavy (non-hydrogen) atoms. The first-order chi connectivity index (χ1) is 7.95. The molecular formula is C13H27N3O. The number of rotatable bonds is 4. The lowest BCUT2D eigenvalue weighted by Crippen LogP contribution is -2.46. The molecule has 0 spiro atoms. The van der Waals surface area contributed by atoms with Crippen molar-refractivity contribution in [3.63, 3.8) is 0 Å². The minimum Gasteiger partial charge on any atom is -0.341 e. The van der Waals surface area contributed by atoms with Gasteiger partial charge in [0, 0.05) is 19.6 Å². The summed E-state index contributed by atoms with van der Waals surface area (Å²) >= 11 is 0. The predicted octanol–water partition coefficient (Wildman–Crippen LogP) is 0.770. The molecule has 100 valence electrons. The molecule has 0 radical (unpaired) electrons. The van der Waals surface area contributed by atoms with Crippen molar-refractivity contribution in [1.82, 2.24) is 9.80 Å². The average Bonchev–Trinajstić information content (AvgIpc) is 2.30. The van der Waals surface area contributed by atoms with Crippen molar-refractivity contribution < 1.29 is 4.79 Å². The Bertz CT molecular complexity index is 255. The molecule has 4 nitrogen and oxygen atoms in total. The molecule has 2 N–H and O–H groups in total. The standard InChI is InChI=1S/C13H27N3O/c1-10(2)7-16-9-11(3)8-15(4)12(5-6-14)13(16)17/h10-12H,5-9,14H2,1-4H3. The van der Waals surface area contributed by atoms with Crippen LogP contribution in [-0.4, -0.2) is 55.0 Å². The Balaban J connectivity index is 2.80. The zero-order chi connectivity index (χ0) is 13.0. The van der Waals surface area contributed by atoms with Crippen LogP contribution in [0.3, 0.4) is 0 Å². The van der Waals surface area contributed by atoms with Gasteiger partial charge in [-0.1, -0.05) is 20.8 Å². The van der Waals surface area contributed by atoms with Crippen LogP contribution in [0.2, 0.25) is 0 Å². The maximum atomic E-state index is 12.5. The van der Waals surface area contributed by atoms with Crippen molar-refractivity contribution >= 4 is 5.91 Å². The lowest BCUT2D eigenvalue weighted by atomic mass is 10.1. The number of hydrogen-bond acceptors (Lipinski definition) is 3. The zero-order valence-electron chi connectivity index (χ0n) is 11.6. The highest BCUT2D eigenvalue weighted by atomic mass is 16.2. The number of likely N-dealkylation sites (N-methyl/N-ethyl adjacent to an activating group) is 1. The first kappa shape index (κ1) is 14.5. The lowest BCUT2D eigenvalue weighted by Gasteiger charge is -2.28. The Morgan fingerprint density at radius 1 is 1.41 bits per heavy atom. The van der Waals surface area contributed by atoms with Crippen molar-refractivity contribution in [2.75, 3.05) is 33.2 Å². The van der Waals surface area contributed by atoms with Gasteiger partial charge in [0.25, 0.3) is 0 Å². The molecule has 1 amide bonds. The van der Waals surface area contributed by atoms with Gasteiger partial charge in [-0.2, -0.15) is 0 Å². The van der Waals surface area contributed by atoms with E-state index in [0.717, 1.165) is 26.1 Å². The van der Waals surface area contributed by atoms with E-state index in [-0.39, 0.29) is 11.9 Å². The third kappa shape index (κ3) is 3.96. The molecule has 2 unspecified atom stereocenters. The van der Waals surface area contributed by atoms with Gasteiger partial charge in [0.05, 0.1) is 6.04 Å². The highest BCUT2D eigenvalue weighted by Crippen LogP contribution is 2.17. The van der Waals surface area contributed by atoms with Crippen LogP contribution in [0.15, 0.2) is 0 Å². The van der Waals surface area contributed by atoms with Crippen molar-refractivity contribution in [3.8, 4) is 0 Å². The van der Waals surface area contributed by atoms with Crippen molar-refractivity contribution in [3.05, 3.63) is 0 Å². The quantitative estimate of drug-likeness (QED) is 0.791. The summed E-state index contributed by atoms with van der Waals surface area (Å²) < 4.78 is 0. The van der Waals surface area contributed by atoms with Crippen molar-refractivity contribution in [2.24, 2.45) is 17.6 Å². The fraction of sp³-hybridized carbons (Fsp3) is 0.923. The molecule has 4 heteroatoms. The highest BCUT2D eigenvalue weighted by Gasteiger charge is 2.32. The largest absolute Gasteiger partial charge is 0.341 e. The molecule has 0 aromatic rings. The molecule has 1 aliphatic heterocycles. The predicted molar refractivity (Wildman–Crippen MR) is 70.7 cm³/mol. The van der Waals surface area contributed by atoms with Crippen LogP contribution in [0.25, 0.3) is 0 Å². The summed E-state index contributed by atoms with van der Waals surface area (Å²) in [6.45, 7) is 9.81. The van der Waals surface area contributed by atoms with Crippen LogP contribution in [0, 0.1) is 11.8 Å². The lowest BCUT2D eigenvalue weighted by molar-refractivity contribution is -0.135. The molecule has 0 aliphatic carbocycles. The molecule has 0 saturated carbocycles. The number of amides is 1. The number of nitrogens with zero attached hydrogens (tertiary/aromatic N) is 2. The minimum atomic E-state index is -0.0244. The molecule has 1 heterocycles. The number of carbonyl (C=O) groups excluding carboxylic acids is 1. The van der Waals surface area contributed by atoms with Gasteiger partial charge < -0.3 is 10.6 Å². The number of nitrogens with two attached hydrogens (primary N) is 1. The van der Waals surface area contributed by atoms with E-state index in [2.05, 4.69) is 25.7 Å². The Kier molecular flexibility index (Phi) is 5.40. The van der Waals surface area contributed by atoms with E-state index in [4.69, 9.17) is 5.73 Å². The molecule has 0 aromatic carbocycles. The summed E-state index contributed by atoms with van der Waals surface area (Å²) in [4.78, 5) is 16.6. The molecule has 0 aromatic heterocycles. The van der Waals surface area contributed by atoms with Gasteiger partial charge in [-0.25, -0.2) is 0 Å². The van der Waals surface area contributed by atoms with E-state index in [1.807, 2.05) is 11.9 Å². The van der Waals surface area contributed by atoms with E-state index in [1.165, 1.54) is 0 Å². The fourth-order valence-electron chi connectivity index (χ4n) is 2.65. The molecule has 1 aliphatic rings. The Morgan fingerprint density at radius 3 is 2.59 bits per heavy atom. The van der Waals surface area contributed by atoms with E-state index in [0.29, 0.717) is 18.4 Å². The van der Waals surface area contributed by atoms with Crippen LogP contribution >= 0.6 is 0 Å². The highest BCUT2D eigenvalue weighted by molar-refractivity contribution is 5.82. The van der Waals surface area contributed by atoms with Crippen LogP contribution in [0.5, 0.6) is 0 Å². The Morgan fingerprint density at radius 2 is 2.06 bits per heavy atom. The van der Waals surface area contributed by atoms with E-state index in [1.54, 1.807) is 0 Å². The van der Waals surface area contributed by atoms with Gasteiger partial charge in [0.2, 0.25) is 5.91 Å². The van der Waals surface area contributed by atoms with Crippen molar-refractivity contribution in [1.29, 1.82) is 0 Å². The van der Waals surface area contributed by atoms with Crippen LogP contribution in [-0.2, 0) is 4.79 Å². The maximum Gasteiger partial charge on any atom is 0.239 e. The minimum absolute atomic E-state index is 0.0244. The van der Waals surface area contributed by atoms with Gasteiger partial charge in [-0.05, 0) is 31.8 Å². The number of hydrogen-bond donors (Lipinski definition) is 1. The smallest absolute Gasteiger partial charge is 0.239 e.